The number of carbonyl (C=O) groups is 1. The Balaban J connectivity index is 0.000000131. The van der Waals surface area contributed by atoms with Crippen LogP contribution in [0.15, 0.2) is 24.3 Å². The average molecular weight is 310 g/mol. The fourth-order valence-corrected chi connectivity index (χ4v) is 3.00. The van der Waals surface area contributed by atoms with Crippen molar-refractivity contribution < 1.29 is 28.8 Å². The molecule has 2 aliphatic carbocycles. The van der Waals surface area contributed by atoms with Crippen LogP contribution in [-0.4, -0.2) is 53.0 Å². The van der Waals surface area contributed by atoms with Gasteiger partial charge < -0.3 is 24.1 Å². The minimum Gasteiger partial charge on any atom is -0.386 e. The standard InChI is InChI=1S/C8H12O3.C8H10O3/c2*1-8(2)10-6-4-3-5(9)7(6)11-8/h3-7,9H,1-2H3;3-4,6-7H,1-2H3/t5-,6+,7-;6-,7+/m01/s1. The zero-order valence-corrected chi connectivity index (χ0v) is 13.2. The van der Waals surface area contributed by atoms with Crippen molar-refractivity contribution in [3.63, 3.8) is 0 Å². The molecule has 4 rings (SSSR count). The van der Waals surface area contributed by atoms with Gasteiger partial charge in [0.05, 0.1) is 0 Å². The summed E-state index contributed by atoms with van der Waals surface area (Å²) in [6.45, 7) is 7.33. The highest BCUT2D eigenvalue weighted by molar-refractivity contribution is 5.97. The number of hydrogen-bond acceptors (Lipinski definition) is 6. The zero-order chi connectivity index (χ0) is 16.1. The van der Waals surface area contributed by atoms with Gasteiger partial charge in [-0.15, -0.1) is 0 Å². The van der Waals surface area contributed by atoms with E-state index in [9.17, 15) is 9.90 Å². The molecule has 22 heavy (non-hydrogen) atoms. The third-order valence-corrected chi connectivity index (χ3v) is 3.86. The average Bonchev–Trinajstić information content (AvgIpc) is 3.06. The van der Waals surface area contributed by atoms with Crippen molar-refractivity contribution in [2.24, 2.45) is 0 Å². The molecule has 0 aromatic carbocycles. The lowest BCUT2D eigenvalue weighted by Gasteiger charge is -2.18. The Kier molecular flexibility index (Phi) is 3.78. The second-order valence-electron chi connectivity index (χ2n) is 6.72. The van der Waals surface area contributed by atoms with Gasteiger partial charge in [-0.05, 0) is 39.8 Å². The molecule has 0 unspecified atom stereocenters. The van der Waals surface area contributed by atoms with Gasteiger partial charge in [0.15, 0.2) is 23.5 Å². The summed E-state index contributed by atoms with van der Waals surface area (Å²) in [6, 6.07) is 0. The topological polar surface area (TPSA) is 74.2 Å². The molecule has 0 aromatic rings. The van der Waals surface area contributed by atoms with Crippen LogP contribution >= 0.6 is 0 Å². The smallest absolute Gasteiger partial charge is 0.187 e. The van der Waals surface area contributed by atoms with E-state index < -0.39 is 17.7 Å². The van der Waals surface area contributed by atoms with E-state index in [1.54, 1.807) is 12.2 Å². The molecule has 2 aliphatic heterocycles. The van der Waals surface area contributed by atoms with Crippen LogP contribution in [0.5, 0.6) is 0 Å². The summed E-state index contributed by atoms with van der Waals surface area (Å²) < 4.78 is 21.7. The molecule has 2 fully saturated rings. The second kappa shape index (κ2) is 5.25. The zero-order valence-electron chi connectivity index (χ0n) is 13.2. The molecule has 0 amide bonds. The predicted octanol–water partition coefficient (Wildman–Crippen LogP) is 1.08. The van der Waals surface area contributed by atoms with Gasteiger partial charge in [0.25, 0.3) is 0 Å². The summed E-state index contributed by atoms with van der Waals surface area (Å²) in [6.07, 6.45) is 5.55. The molecular weight excluding hydrogens is 288 g/mol. The molecule has 0 radical (unpaired) electrons. The van der Waals surface area contributed by atoms with E-state index in [0.29, 0.717) is 0 Å². The number of aliphatic hydroxyl groups is 1. The van der Waals surface area contributed by atoms with E-state index >= 15 is 0 Å². The normalized spacial score (nSPS) is 43.0. The first kappa shape index (κ1) is 15.8. The van der Waals surface area contributed by atoms with Crippen molar-refractivity contribution in [3.8, 4) is 0 Å². The van der Waals surface area contributed by atoms with E-state index in [4.69, 9.17) is 18.9 Å². The van der Waals surface area contributed by atoms with Gasteiger partial charge in [-0.1, -0.05) is 12.2 Å². The molecule has 0 bridgehead atoms. The quantitative estimate of drug-likeness (QED) is 0.675. The van der Waals surface area contributed by atoms with Crippen LogP contribution in [0.2, 0.25) is 0 Å². The monoisotopic (exact) mass is 310 g/mol. The molecule has 2 saturated heterocycles. The number of ether oxygens (including phenoxy) is 4. The van der Waals surface area contributed by atoms with Gasteiger partial charge in [0, 0.05) is 0 Å². The largest absolute Gasteiger partial charge is 0.386 e. The molecule has 1 N–H and O–H groups in total. The second-order valence-corrected chi connectivity index (χ2v) is 6.72. The minimum atomic E-state index is -0.601. The van der Waals surface area contributed by atoms with Gasteiger partial charge in [0.1, 0.15) is 24.4 Å². The molecule has 2 heterocycles. The summed E-state index contributed by atoms with van der Waals surface area (Å²) in [5.41, 5.74) is 0. The molecule has 6 heteroatoms. The summed E-state index contributed by atoms with van der Waals surface area (Å²) in [5, 5.41) is 9.34. The van der Waals surface area contributed by atoms with Gasteiger partial charge in [0.2, 0.25) is 0 Å². The van der Waals surface area contributed by atoms with E-state index in [-0.39, 0.29) is 30.2 Å². The third-order valence-electron chi connectivity index (χ3n) is 3.86. The lowest BCUT2D eigenvalue weighted by atomic mass is 10.2. The maximum Gasteiger partial charge on any atom is 0.187 e. The fourth-order valence-electron chi connectivity index (χ4n) is 3.00. The minimum absolute atomic E-state index is 0.0144. The molecule has 5 atom stereocenters. The number of aliphatic hydroxyl groups excluding tert-OH is 1. The van der Waals surface area contributed by atoms with Crippen LogP contribution in [0.1, 0.15) is 27.7 Å². The number of ketones is 1. The Hall–Kier alpha value is -1.05. The van der Waals surface area contributed by atoms with Crippen molar-refractivity contribution >= 4 is 5.78 Å². The molecule has 4 aliphatic rings. The van der Waals surface area contributed by atoms with Gasteiger partial charge in [-0.25, -0.2) is 0 Å². The van der Waals surface area contributed by atoms with Crippen molar-refractivity contribution in [1.29, 1.82) is 0 Å². The van der Waals surface area contributed by atoms with E-state index in [0.717, 1.165) is 0 Å². The Morgan fingerprint density at radius 3 is 2.18 bits per heavy atom. The maximum atomic E-state index is 11.1. The Labute approximate surface area is 129 Å². The number of fused-ring (bicyclic) bond motifs is 2. The Bertz CT molecular complexity index is 521. The van der Waals surface area contributed by atoms with Crippen molar-refractivity contribution in [2.75, 3.05) is 0 Å². The van der Waals surface area contributed by atoms with E-state index in [1.165, 1.54) is 6.08 Å². The van der Waals surface area contributed by atoms with Crippen LogP contribution in [0.4, 0.5) is 0 Å². The maximum absolute atomic E-state index is 11.1. The third kappa shape index (κ3) is 3.02. The highest BCUT2D eigenvalue weighted by Crippen LogP contribution is 2.34. The van der Waals surface area contributed by atoms with Crippen LogP contribution in [0.25, 0.3) is 0 Å². The van der Waals surface area contributed by atoms with Crippen LogP contribution in [-0.2, 0) is 23.7 Å². The Morgan fingerprint density at radius 2 is 1.55 bits per heavy atom. The van der Waals surface area contributed by atoms with Crippen LogP contribution < -0.4 is 0 Å². The predicted molar refractivity (Wildman–Crippen MR) is 76.9 cm³/mol. The van der Waals surface area contributed by atoms with Crippen LogP contribution in [0, 0.1) is 0 Å². The first-order valence-corrected chi connectivity index (χ1v) is 7.47. The lowest BCUT2D eigenvalue weighted by molar-refractivity contribution is -0.152. The SMILES string of the molecule is CC1(C)O[C@@H]2C=CC(=O)[C@@H]2O1.CC1(C)O[C@H]2[C@@H](O)C=C[C@H]2O1. The van der Waals surface area contributed by atoms with Gasteiger partial charge >= 0.3 is 0 Å². The van der Waals surface area contributed by atoms with E-state index in [2.05, 4.69) is 0 Å². The lowest BCUT2D eigenvalue weighted by Crippen LogP contribution is -2.28. The van der Waals surface area contributed by atoms with Crippen LogP contribution in [0.3, 0.4) is 0 Å². The summed E-state index contributed by atoms with van der Waals surface area (Å²) >= 11 is 0. The molecule has 0 aromatic heterocycles. The summed E-state index contributed by atoms with van der Waals surface area (Å²) in [4.78, 5) is 11.1. The first-order chi connectivity index (χ1) is 10.2. The van der Waals surface area contributed by atoms with Crippen molar-refractivity contribution in [3.05, 3.63) is 24.3 Å². The highest BCUT2D eigenvalue weighted by Gasteiger charge is 2.46. The number of carbonyl (C=O) groups excluding carboxylic acids is 1. The summed E-state index contributed by atoms with van der Waals surface area (Å²) in [5.74, 6) is -1.13. The van der Waals surface area contributed by atoms with Crippen molar-refractivity contribution in [2.45, 2.75) is 69.8 Å². The molecular formula is C16H22O6. The molecule has 0 saturated carbocycles. The molecule has 6 nitrogen and oxygen atoms in total. The first-order valence-electron chi connectivity index (χ1n) is 7.47. The number of rotatable bonds is 0. The van der Waals surface area contributed by atoms with Gasteiger partial charge in [-0.3, -0.25) is 4.79 Å². The van der Waals surface area contributed by atoms with Gasteiger partial charge in [-0.2, -0.15) is 0 Å². The van der Waals surface area contributed by atoms with E-state index in [1.807, 2.05) is 33.8 Å². The van der Waals surface area contributed by atoms with Crippen molar-refractivity contribution in [1.82, 2.24) is 0 Å². The molecule has 122 valence electrons. The fraction of sp³-hybridized carbons (Fsp3) is 0.688. The summed E-state index contributed by atoms with van der Waals surface area (Å²) in [7, 11) is 0. The number of hydrogen-bond donors (Lipinski definition) is 1. The highest BCUT2D eigenvalue weighted by atomic mass is 16.8. The molecule has 0 spiro atoms. The Morgan fingerprint density at radius 1 is 0.909 bits per heavy atom.